The molecule has 0 aliphatic rings. The molecular formula is C10H9ClFNO4. The number of esters is 1. The monoisotopic (exact) mass is 261 g/mol. The van der Waals surface area contributed by atoms with Crippen LogP contribution in [0.25, 0.3) is 0 Å². The summed E-state index contributed by atoms with van der Waals surface area (Å²) in [6.07, 6.45) is -0.383. The largest absolute Gasteiger partial charge is 0.469 e. The third-order valence-electron chi connectivity index (χ3n) is 2.23. The van der Waals surface area contributed by atoms with Gasteiger partial charge in [0.2, 0.25) is 0 Å². The number of nitro groups is 1. The van der Waals surface area contributed by atoms with Crippen LogP contribution >= 0.6 is 11.6 Å². The summed E-state index contributed by atoms with van der Waals surface area (Å²) in [7, 11) is 1.15. The number of hydrogen-bond acceptors (Lipinski definition) is 4. The van der Waals surface area contributed by atoms with Crippen LogP contribution in [0.3, 0.4) is 0 Å². The van der Waals surface area contributed by atoms with Crippen molar-refractivity contribution >= 4 is 23.3 Å². The van der Waals surface area contributed by atoms with Gasteiger partial charge in [0.25, 0.3) is 5.69 Å². The molecule has 0 bridgehead atoms. The molecular weight excluding hydrogens is 253 g/mol. The van der Waals surface area contributed by atoms with Crippen LogP contribution in [0.1, 0.15) is 11.1 Å². The quantitative estimate of drug-likeness (QED) is 0.360. The predicted molar refractivity (Wildman–Crippen MR) is 58.3 cm³/mol. The minimum atomic E-state index is -0.711. The molecule has 0 saturated carbocycles. The highest BCUT2D eigenvalue weighted by Gasteiger charge is 2.22. The van der Waals surface area contributed by atoms with Crippen molar-refractivity contribution in [2.24, 2.45) is 0 Å². The first-order valence-electron chi connectivity index (χ1n) is 4.58. The van der Waals surface area contributed by atoms with Gasteiger partial charge >= 0.3 is 5.97 Å². The molecule has 0 aromatic heterocycles. The molecule has 0 unspecified atom stereocenters. The van der Waals surface area contributed by atoms with Gasteiger partial charge in [-0.15, -0.1) is 11.6 Å². The molecule has 0 saturated heterocycles. The second-order valence-corrected chi connectivity index (χ2v) is 3.43. The van der Waals surface area contributed by atoms with Crippen molar-refractivity contribution < 1.29 is 18.8 Å². The van der Waals surface area contributed by atoms with Crippen LogP contribution < -0.4 is 0 Å². The van der Waals surface area contributed by atoms with Gasteiger partial charge in [-0.1, -0.05) is 0 Å². The van der Waals surface area contributed by atoms with Crippen molar-refractivity contribution in [1.82, 2.24) is 0 Å². The van der Waals surface area contributed by atoms with Gasteiger partial charge < -0.3 is 4.74 Å². The number of carbonyl (C=O) groups is 1. The lowest BCUT2D eigenvalue weighted by atomic mass is 10.0. The molecule has 5 nitrogen and oxygen atoms in total. The Morgan fingerprint density at radius 2 is 2.18 bits per heavy atom. The van der Waals surface area contributed by atoms with Gasteiger partial charge in [0, 0.05) is 11.6 Å². The second-order valence-electron chi connectivity index (χ2n) is 3.17. The number of carbonyl (C=O) groups excluding carboxylic acids is 1. The normalized spacial score (nSPS) is 10.1. The molecule has 0 atom stereocenters. The standard InChI is InChI=1S/C10H9ClFNO4/c1-17-10(14)4-6-7(5-11)9(13(15)16)3-2-8(6)12/h2-3H,4-5H2,1H3. The first-order chi connectivity index (χ1) is 8.01. The van der Waals surface area contributed by atoms with E-state index in [1.165, 1.54) is 0 Å². The van der Waals surface area contributed by atoms with Gasteiger partial charge in [-0.25, -0.2) is 4.39 Å². The van der Waals surface area contributed by atoms with Crippen LogP contribution in [0, 0.1) is 15.9 Å². The Morgan fingerprint density at radius 1 is 1.53 bits per heavy atom. The van der Waals surface area contributed by atoms with E-state index in [1.807, 2.05) is 0 Å². The summed E-state index contributed by atoms with van der Waals surface area (Å²) >= 11 is 5.56. The average molecular weight is 262 g/mol. The van der Waals surface area contributed by atoms with Gasteiger partial charge in [-0.05, 0) is 6.07 Å². The fraction of sp³-hybridized carbons (Fsp3) is 0.300. The predicted octanol–water partition coefficient (Wildman–Crippen LogP) is 2.19. The number of nitro benzene ring substituents is 1. The lowest BCUT2D eigenvalue weighted by Crippen LogP contribution is -2.10. The highest BCUT2D eigenvalue weighted by molar-refractivity contribution is 6.17. The summed E-state index contributed by atoms with van der Waals surface area (Å²) in [4.78, 5) is 21.1. The van der Waals surface area contributed by atoms with Crippen LogP contribution in [0.2, 0.25) is 0 Å². The van der Waals surface area contributed by atoms with Crippen LogP contribution in [-0.4, -0.2) is 18.0 Å². The van der Waals surface area contributed by atoms with Crippen LogP contribution in [0.15, 0.2) is 12.1 Å². The van der Waals surface area contributed by atoms with Gasteiger partial charge in [0.1, 0.15) is 5.82 Å². The number of halogens is 2. The molecule has 0 amide bonds. The fourth-order valence-electron chi connectivity index (χ4n) is 1.38. The van der Waals surface area contributed by atoms with E-state index < -0.39 is 16.7 Å². The zero-order valence-corrected chi connectivity index (χ0v) is 9.66. The Balaban J connectivity index is 3.30. The highest BCUT2D eigenvalue weighted by atomic mass is 35.5. The minimum Gasteiger partial charge on any atom is -0.469 e. The molecule has 0 spiro atoms. The van der Waals surface area contributed by atoms with Crippen molar-refractivity contribution in [3.8, 4) is 0 Å². The molecule has 92 valence electrons. The van der Waals surface area contributed by atoms with Gasteiger partial charge in [-0.3, -0.25) is 14.9 Å². The first kappa shape index (κ1) is 13.4. The van der Waals surface area contributed by atoms with Crippen LogP contribution in [0.5, 0.6) is 0 Å². The number of hydrogen-bond donors (Lipinski definition) is 0. The van der Waals surface area contributed by atoms with E-state index in [0.717, 1.165) is 19.2 Å². The van der Waals surface area contributed by atoms with Crippen molar-refractivity contribution in [3.63, 3.8) is 0 Å². The number of benzene rings is 1. The maximum absolute atomic E-state index is 13.5. The first-order valence-corrected chi connectivity index (χ1v) is 5.12. The van der Waals surface area contributed by atoms with Crippen molar-refractivity contribution in [2.75, 3.05) is 7.11 Å². The molecule has 1 aromatic carbocycles. The van der Waals surface area contributed by atoms with Gasteiger partial charge in [0.05, 0.1) is 29.9 Å². The van der Waals surface area contributed by atoms with E-state index in [1.54, 1.807) is 0 Å². The van der Waals surface area contributed by atoms with E-state index in [4.69, 9.17) is 11.6 Å². The van der Waals surface area contributed by atoms with Crippen molar-refractivity contribution in [1.29, 1.82) is 0 Å². The van der Waals surface area contributed by atoms with E-state index in [9.17, 15) is 19.3 Å². The van der Waals surface area contributed by atoms with Crippen LogP contribution in [0.4, 0.5) is 10.1 Å². The smallest absolute Gasteiger partial charge is 0.310 e. The van der Waals surface area contributed by atoms with E-state index >= 15 is 0 Å². The molecule has 0 aliphatic heterocycles. The Morgan fingerprint density at radius 3 is 2.65 bits per heavy atom. The third kappa shape index (κ3) is 2.91. The Hall–Kier alpha value is -1.69. The van der Waals surface area contributed by atoms with Crippen molar-refractivity contribution in [2.45, 2.75) is 12.3 Å². The van der Waals surface area contributed by atoms with E-state index in [0.29, 0.717) is 0 Å². The number of alkyl halides is 1. The molecule has 0 fully saturated rings. The summed E-state index contributed by atoms with van der Waals surface area (Å²) in [5.41, 5.74) is -0.400. The summed E-state index contributed by atoms with van der Waals surface area (Å²) < 4.78 is 17.9. The lowest BCUT2D eigenvalue weighted by Gasteiger charge is -2.08. The molecule has 0 radical (unpaired) electrons. The molecule has 1 aromatic rings. The highest BCUT2D eigenvalue weighted by Crippen LogP contribution is 2.27. The maximum atomic E-state index is 13.5. The summed E-state index contributed by atoms with van der Waals surface area (Å²) in [5.74, 6) is -1.65. The molecule has 0 aliphatic carbocycles. The molecule has 1 rings (SSSR count). The Bertz CT molecular complexity index is 464. The number of rotatable bonds is 4. The van der Waals surface area contributed by atoms with E-state index in [-0.39, 0.29) is 29.1 Å². The number of methoxy groups -OCH3 is 1. The summed E-state index contributed by atoms with van der Waals surface area (Å²) in [6, 6.07) is 1.96. The SMILES string of the molecule is COC(=O)Cc1c(F)ccc([N+](=O)[O-])c1CCl. The topological polar surface area (TPSA) is 69.4 Å². The zero-order chi connectivity index (χ0) is 13.0. The zero-order valence-electron chi connectivity index (χ0n) is 8.91. The fourth-order valence-corrected chi connectivity index (χ4v) is 1.68. The molecule has 0 heterocycles. The Labute approximate surface area is 101 Å². The summed E-state index contributed by atoms with van der Waals surface area (Å²) in [6.45, 7) is 0. The second kappa shape index (κ2) is 5.58. The average Bonchev–Trinajstić information content (AvgIpc) is 2.30. The number of nitrogens with zero attached hydrogens (tertiary/aromatic N) is 1. The molecule has 7 heteroatoms. The molecule has 17 heavy (non-hydrogen) atoms. The van der Waals surface area contributed by atoms with Crippen molar-refractivity contribution in [3.05, 3.63) is 39.2 Å². The van der Waals surface area contributed by atoms with Crippen LogP contribution in [-0.2, 0) is 21.8 Å². The van der Waals surface area contributed by atoms with E-state index in [2.05, 4.69) is 4.74 Å². The maximum Gasteiger partial charge on any atom is 0.310 e. The number of ether oxygens (including phenoxy) is 1. The lowest BCUT2D eigenvalue weighted by molar-refractivity contribution is -0.385. The third-order valence-corrected chi connectivity index (χ3v) is 2.50. The molecule has 0 N–H and O–H groups in total. The Kier molecular flexibility index (Phi) is 4.39. The van der Waals surface area contributed by atoms with Gasteiger partial charge in [-0.2, -0.15) is 0 Å². The van der Waals surface area contributed by atoms with Gasteiger partial charge in [0.15, 0.2) is 0 Å². The summed E-state index contributed by atoms with van der Waals surface area (Å²) in [5, 5.41) is 10.7. The minimum absolute atomic E-state index is 0.00191.